The molecule has 2 N–H and O–H groups in total. The summed E-state index contributed by atoms with van der Waals surface area (Å²) in [6.45, 7) is 0.248. The molecule has 0 aliphatic heterocycles. The molecule has 0 spiro atoms. The number of nitrogens with zero attached hydrogens (tertiary/aromatic N) is 1. The van der Waals surface area contributed by atoms with Crippen molar-refractivity contribution in [3.8, 4) is 0 Å². The molecule has 0 atom stereocenters. The molecule has 1 aromatic carbocycles. The Morgan fingerprint density at radius 3 is 2.54 bits per heavy atom. The van der Waals surface area contributed by atoms with Gasteiger partial charge < -0.3 is 10.1 Å². The number of nitrogens with one attached hydrogen (secondary N) is 2. The molecule has 24 heavy (non-hydrogen) atoms. The maximum atomic E-state index is 12.9. The van der Waals surface area contributed by atoms with Gasteiger partial charge in [0.1, 0.15) is 0 Å². The number of carbonyl (C=O) groups excluding carboxylic acids is 2. The summed E-state index contributed by atoms with van der Waals surface area (Å²) in [6, 6.07) is 4.48. The van der Waals surface area contributed by atoms with Gasteiger partial charge in [0.05, 0.1) is 18.7 Å². The fraction of sp³-hybridized carbons (Fsp3) is 0.467. The molecular formula is C15H20F3N3O3. The highest BCUT2D eigenvalue weighted by atomic mass is 19.4. The topological polar surface area (TPSA) is 70.7 Å². The van der Waals surface area contributed by atoms with E-state index in [1.807, 2.05) is 0 Å². The summed E-state index contributed by atoms with van der Waals surface area (Å²) in [6.07, 6.45) is -4.46. The molecule has 134 valence electrons. The molecule has 0 aliphatic carbocycles. The van der Waals surface area contributed by atoms with Gasteiger partial charge >= 0.3 is 12.2 Å². The molecule has 9 heteroatoms. The molecule has 0 bridgehead atoms. The van der Waals surface area contributed by atoms with E-state index in [9.17, 15) is 22.8 Å². The molecule has 0 saturated heterocycles. The number of rotatable bonds is 7. The van der Waals surface area contributed by atoms with Crippen molar-refractivity contribution in [2.24, 2.45) is 0 Å². The smallest absolute Gasteiger partial charge is 0.383 e. The minimum Gasteiger partial charge on any atom is -0.383 e. The number of hydrogen-bond donors (Lipinski definition) is 2. The average molecular weight is 347 g/mol. The van der Waals surface area contributed by atoms with Crippen molar-refractivity contribution in [1.29, 1.82) is 0 Å². The third-order valence-corrected chi connectivity index (χ3v) is 3.02. The summed E-state index contributed by atoms with van der Waals surface area (Å²) in [5.41, 5.74) is -0.681. The second kappa shape index (κ2) is 9.24. The van der Waals surface area contributed by atoms with Crippen molar-refractivity contribution >= 4 is 11.9 Å². The van der Waals surface area contributed by atoms with Crippen LogP contribution in [0.5, 0.6) is 0 Å². The van der Waals surface area contributed by atoms with Crippen LogP contribution >= 0.6 is 0 Å². The lowest BCUT2D eigenvalue weighted by molar-refractivity contribution is -0.138. The largest absolute Gasteiger partial charge is 0.416 e. The summed E-state index contributed by atoms with van der Waals surface area (Å²) >= 11 is 0. The first-order valence-electron chi connectivity index (χ1n) is 7.14. The Kier molecular flexibility index (Phi) is 7.66. The molecule has 3 amide bonds. The van der Waals surface area contributed by atoms with E-state index < -0.39 is 23.7 Å². The van der Waals surface area contributed by atoms with Crippen LogP contribution in [0.25, 0.3) is 0 Å². The number of urea groups is 1. The van der Waals surface area contributed by atoms with E-state index in [-0.39, 0.29) is 25.2 Å². The Hall–Kier alpha value is -2.13. The SMILES string of the molecule is COCCNC(=O)NC(=O)CN(C)Cc1ccccc1C(F)(F)F. The first-order chi connectivity index (χ1) is 11.2. The van der Waals surface area contributed by atoms with Crippen LogP contribution in [0.4, 0.5) is 18.0 Å². The zero-order valence-electron chi connectivity index (χ0n) is 13.4. The van der Waals surface area contributed by atoms with Crippen molar-refractivity contribution in [1.82, 2.24) is 15.5 Å². The van der Waals surface area contributed by atoms with Crippen molar-refractivity contribution in [3.63, 3.8) is 0 Å². The Labute approximate surface area is 138 Å². The predicted molar refractivity (Wildman–Crippen MR) is 81.2 cm³/mol. The third kappa shape index (κ3) is 6.97. The molecule has 0 heterocycles. The highest BCUT2D eigenvalue weighted by Gasteiger charge is 2.33. The number of alkyl halides is 3. The number of halogens is 3. The van der Waals surface area contributed by atoms with Gasteiger partial charge in [0.2, 0.25) is 5.91 Å². The summed E-state index contributed by atoms with van der Waals surface area (Å²) < 4.78 is 43.5. The van der Waals surface area contributed by atoms with E-state index >= 15 is 0 Å². The number of methoxy groups -OCH3 is 1. The quantitative estimate of drug-likeness (QED) is 0.735. The van der Waals surface area contributed by atoms with Crippen molar-refractivity contribution in [2.75, 3.05) is 33.9 Å². The van der Waals surface area contributed by atoms with E-state index in [0.29, 0.717) is 6.61 Å². The van der Waals surface area contributed by atoms with Gasteiger partial charge in [-0.25, -0.2) is 4.79 Å². The van der Waals surface area contributed by atoms with E-state index in [0.717, 1.165) is 6.07 Å². The highest BCUT2D eigenvalue weighted by molar-refractivity contribution is 5.95. The van der Waals surface area contributed by atoms with Gasteiger partial charge in [-0.3, -0.25) is 15.0 Å². The van der Waals surface area contributed by atoms with Crippen LogP contribution in [0, 0.1) is 0 Å². The minimum atomic E-state index is -4.46. The van der Waals surface area contributed by atoms with Gasteiger partial charge in [0.15, 0.2) is 0 Å². The number of imide groups is 1. The fourth-order valence-corrected chi connectivity index (χ4v) is 2.00. The molecule has 0 unspecified atom stereocenters. The van der Waals surface area contributed by atoms with Gasteiger partial charge in [-0.2, -0.15) is 13.2 Å². The molecule has 1 aromatic rings. The maximum Gasteiger partial charge on any atom is 0.416 e. The second-order valence-electron chi connectivity index (χ2n) is 5.12. The van der Waals surface area contributed by atoms with Crippen LogP contribution in [-0.4, -0.2) is 50.7 Å². The number of ether oxygens (including phenoxy) is 1. The van der Waals surface area contributed by atoms with Gasteiger partial charge in [0.25, 0.3) is 0 Å². The average Bonchev–Trinajstić information content (AvgIpc) is 2.46. The van der Waals surface area contributed by atoms with Crippen molar-refractivity contribution < 1.29 is 27.5 Å². The van der Waals surface area contributed by atoms with Crippen molar-refractivity contribution in [2.45, 2.75) is 12.7 Å². The molecule has 0 fully saturated rings. The Balaban J connectivity index is 2.53. The van der Waals surface area contributed by atoms with Crippen LogP contribution in [0.3, 0.4) is 0 Å². The van der Waals surface area contributed by atoms with Gasteiger partial charge in [0, 0.05) is 20.2 Å². The molecule has 6 nitrogen and oxygen atoms in total. The van der Waals surface area contributed by atoms with E-state index in [1.54, 1.807) is 0 Å². The number of likely N-dealkylation sites (N-methyl/N-ethyl adjacent to an activating group) is 1. The fourth-order valence-electron chi connectivity index (χ4n) is 2.00. The standard InChI is InChI=1S/C15H20F3N3O3/c1-21(10-13(22)20-14(23)19-7-8-24-2)9-11-5-3-4-6-12(11)15(16,17)18/h3-6H,7-10H2,1-2H3,(H2,19,20,22,23). The minimum absolute atomic E-state index is 0.0600. The number of hydrogen-bond acceptors (Lipinski definition) is 4. The molecule has 0 aromatic heterocycles. The predicted octanol–water partition coefficient (Wildman–Crippen LogP) is 1.61. The maximum absolute atomic E-state index is 12.9. The molecule has 1 rings (SSSR count). The van der Waals surface area contributed by atoms with E-state index in [1.165, 1.54) is 37.3 Å². The highest BCUT2D eigenvalue weighted by Crippen LogP contribution is 2.32. The van der Waals surface area contributed by atoms with Gasteiger partial charge in [-0.1, -0.05) is 18.2 Å². The number of benzene rings is 1. The van der Waals surface area contributed by atoms with Crippen LogP contribution in [0.2, 0.25) is 0 Å². The Morgan fingerprint density at radius 2 is 1.92 bits per heavy atom. The lowest BCUT2D eigenvalue weighted by atomic mass is 10.1. The molecule has 0 saturated carbocycles. The lowest BCUT2D eigenvalue weighted by Crippen LogP contribution is -2.44. The normalized spacial score (nSPS) is 11.4. The van der Waals surface area contributed by atoms with E-state index in [2.05, 4.69) is 10.6 Å². The van der Waals surface area contributed by atoms with E-state index in [4.69, 9.17) is 4.74 Å². The van der Waals surface area contributed by atoms with Crippen LogP contribution in [-0.2, 0) is 22.3 Å². The first kappa shape index (κ1) is 19.9. The van der Waals surface area contributed by atoms with Crippen LogP contribution in [0.1, 0.15) is 11.1 Å². The zero-order chi connectivity index (χ0) is 18.2. The molecular weight excluding hydrogens is 327 g/mol. The van der Waals surface area contributed by atoms with Gasteiger partial charge in [-0.15, -0.1) is 0 Å². The Morgan fingerprint density at radius 1 is 1.25 bits per heavy atom. The van der Waals surface area contributed by atoms with Crippen molar-refractivity contribution in [3.05, 3.63) is 35.4 Å². The summed E-state index contributed by atoms with van der Waals surface area (Å²) in [7, 11) is 2.97. The molecule has 0 radical (unpaired) electrons. The van der Waals surface area contributed by atoms with Gasteiger partial charge in [-0.05, 0) is 18.7 Å². The third-order valence-electron chi connectivity index (χ3n) is 3.02. The Bertz CT molecular complexity index is 564. The second-order valence-corrected chi connectivity index (χ2v) is 5.12. The number of amides is 3. The number of carbonyl (C=O) groups is 2. The summed E-state index contributed by atoms with van der Waals surface area (Å²) in [5.74, 6) is -0.614. The van der Waals surface area contributed by atoms with Crippen LogP contribution in [0.15, 0.2) is 24.3 Å². The van der Waals surface area contributed by atoms with Crippen LogP contribution < -0.4 is 10.6 Å². The summed E-state index contributed by atoms with van der Waals surface area (Å²) in [4.78, 5) is 24.5. The summed E-state index contributed by atoms with van der Waals surface area (Å²) in [5, 5.41) is 4.50. The first-order valence-corrected chi connectivity index (χ1v) is 7.14. The lowest BCUT2D eigenvalue weighted by Gasteiger charge is -2.19. The molecule has 0 aliphatic rings. The monoisotopic (exact) mass is 347 g/mol. The zero-order valence-corrected chi connectivity index (χ0v) is 13.4.